The molecule has 2 aromatic rings. The van der Waals surface area contributed by atoms with E-state index in [2.05, 4.69) is 6.07 Å². The van der Waals surface area contributed by atoms with Gasteiger partial charge in [0.05, 0.1) is 23.4 Å². The van der Waals surface area contributed by atoms with Gasteiger partial charge in [0.2, 0.25) is 0 Å². The van der Waals surface area contributed by atoms with E-state index in [1.165, 1.54) is 0 Å². The predicted octanol–water partition coefficient (Wildman–Crippen LogP) is 5.27. The average molecular weight is 413 g/mol. The quantitative estimate of drug-likeness (QED) is 0.722. The van der Waals surface area contributed by atoms with Gasteiger partial charge in [0.25, 0.3) is 0 Å². The summed E-state index contributed by atoms with van der Waals surface area (Å²) in [5.41, 5.74) is 4.62. The molecule has 5 rings (SSSR count). The number of benzene rings is 1. The van der Waals surface area contributed by atoms with E-state index >= 15 is 0 Å². The van der Waals surface area contributed by atoms with E-state index in [1.807, 2.05) is 30.7 Å². The monoisotopic (exact) mass is 412 g/mol. The number of nitrogens with zero attached hydrogens (tertiary/aromatic N) is 3. The van der Waals surface area contributed by atoms with Crippen LogP contribution in [0, 0.1) is 25.2 Å². The van der Waals surface area contributed by atoms with Crippen LogP contribution in [0.15, 0.2) is 12.1 Å². The van der Waals surface area contributed by atoms with Crippen LogP contribution in [-0.4, -0.2) is 30.4 Å². The van der Waals surface area contributed by atoms with Crippen LogP contribution in [-0.2, 0) is 0 Å². The first-order valence-corrected chi connectivity index (χ1v) is 12.2. The fourth-order valence-electron chi connectivity index (χ4n) is 4.44. The summed E-state index contributed by atoms with van der Waals surface area (Å²) in [6.07, 6.45) is 5.14. The normalized spacial score (nSPS) is 28.7. The molecule has 1 aromatic heterocycles. The van der Waals surface area contributed by atoms with Crippen LogP contribution in [0.5, 0.6) is 11.5 Å². The van der Waals surface area contributed by atoms with Crippen LogP contribution in [0.25, 0.3) is 0 Å². The number of ether oxygens (including phenoxy) is 1. The molecule has 2 aliphatic carbocycles. The summed E-state index contributed by atoms with van der Waals surface area (Å²) >= 11 is 0. The first-order valence-electron chi connectivity index (χ1n) is 10.4. The lowest BCUT2D eigenvalue weighted by Gasteiger charge is -2.41. The lowest BCUT2D eigenvalue weighted by atomic mass is 10.0. The Morgan fingerprint density at radius 1 is 1.17 bits per heavy atom. The van der Waals surface area contributed by atoms with E-state index in [0.717, 1.165) is 59.7 Å². The van der Waals surface area contributed by atoms with Crippen LogP contribution in [0.2, 0.25) is 0 Å². The zero-order chi connectivity index (χ0) is 20.3. The SMILES string of the molecule is Cc1cc(Oc2c(C3CC3)nn(C3CCS([O-])(O)C3)c2C2CC2)cc(C)c1C#N. The molecule has 1 aliphatic heterocycles. The Balaban J connectivity index is 1.57. The second kappa shape index (κ2) is 6.76. The van der Waals surface area contributed by atoms with Crippen molar-refractivity contribution in [2.45, 2.75) is 63.8 Å². The van der Waals surface area contributed by atoms with Gasteiger partial charge < -0.3 is 24.4 Å². The third-order valence-electron chi connectivity index (χ3n) is 6.26. The summed E-state index contributed by atoms with van der Waals surface area (Å²) in [6.45, 7) is 3.86. The predicted molar refractivity (Wildman–Crippen MR) is 111 cm³/mol. The maximum absolute atomic E-state index is 12.2. The van der Waals surface area contributed by atoms with E-state index in [1.54, 1.807) is 0 Å². The molecule has 2 saturated carbocycles. The van der Waals surface area contributed by atoms with Crippen LogP contribution in [0.4, 0.5) is 0 Å². The summed E-state index contributed by atoms with van der Waals surface area (Å²) in [7, 11) is -2.73. The van der Waals surface area contributed by atoms with Crippen molar-refractivity contribution >= 4 is 10.6 Å². The van der Waals surface area contributed by atoms with E-state index in [-0.39, 0.29) is 11.8 Å². The Kier molecular flexibility index (Phi) is 4.43. The largest absolute Gasteiger partial charge is 0.768 e. The standard InChI is InChI=1S/C22H27N3O3S/c1-13-9-18(10-14(2)19(13)11-23)28-22-20(15-3-4-15)24-25(21(22)16-5-6-16)17-7-8-29(26,27)12-17/h9-10,15-17,26-27H,3-8,12H2,1-2H3/p-1. The maximum Gasteiger partial charge on any atom is 0.172 e. The van der Waals surface area contributed by atoms with Gasteiger partial charge in [0.1, 0.15) is 11.4 Å². The van der Waals surface area contributed by atoms with Gasteiger partial charge in [-0.3, -0.25) is 4.68 Å². The lowest BCUT2D eigenvalue weighted by Crippen LogP contribution is -2.14. The Morgan fingerprint density at radius 2 is 1.83 bits per heavy atom. The van der Waals surface area contributed by atoms with Crippen LogP contribution in [0.1, 0.15) is 78.1 Å². The third kappa shape index (κ3) is 3.54. The fraction of sp³-hybridized carbons (Fsp3) is 0.545. The Morgan fingerprint density at radius 3 is 2.34 bits per heavy atom. The van der Waals surface area contributed by atoms with E-state index in [0.29, 0.717) is 29.6 Å². The molecule has 2 unspecified atom stereocenters. The molecule has 0 amide bonds. The molecule has 0 spiro atoms. The van der Waals surface area contributed by atoms with Gasteiger partial charge in [-0.1, -0.05) is 0 Å². The van der Waals surface area contributed by atoms with Crippen molar-refractivity contribution in [1.82, 2.24) is 9.78 Å². The molecule has 7 heteroatoms. The average Bonchev–Trinajstić information content (AvgIpc) is 3.57. The van der Waals surface area contributed by atoms with Crippen LogP contribution < -0.4 is 4.74 Å². The van der Waals surface area contributed by atoms with E-state index < -0.39 is 10.6 Å². The van der Waals surface area contributed by atoms with Crippen molar-refractivity contribution in [3.8, 4) is 17.6 Å². The van der Waals surface area contributed by atoms with Gasteiger partial charge in [-0.15, -0.1) is 0 Å². The Hall–Kier alpha value is -2.01. The number of aromatic nitrogens is 2. The summed E-state index contributed by atoms with van der Waals surface area (Å²) in [5, 5.41) is 14.3. The molecule has 2 heterocycles. The van der Waals surface area contributed by atoms with E-state index in [4.69, 9.17) is 9.84 Å². The smallest absolute Gasteiger partial charge is 0.172 e. The molecule has 1 aromatic carbocycles. The number of rotatable bonds is 5. The molecule has 3 fully saturated rings. The highest BCUT2D eigenvalue weighted by molar-refractivity contribution is 8.24. The van der Waals surface area contributed by atoms with Crippen LogP contribution >= 0.6 is 10.6 Å². The lowest BCUT2D eigenvalue weighted by molar-refractivity contribution is 0.445. The fourth-order valence-corrected chi connectivity index (χ4v) is 6.16. The van der Waals surface area contributed by atoms with Gasteiger partial charge >= 0.3 is 0 Å². The highest BCUT2D eigenvalue weighted by Gasteiger charge is 2.41. The number of aryl methyl sites for hydroxylation is 2. The molecular weight excluding hydrogens is 386 g/mol. The van der Waals surface area contributed by atoms with Crippen molar-refractivity contribution in [3.05, 3.63) is 40.2 Å². The van der Waals surface area contributed by atoms with Gasteiger partial charge in [0, 0.05) is 23.3 Å². The first kappa shape index (κ1) is 19.0. The molecule has 1 N–H and O–H groups in total. The van der Waals surface area contributed by atoms with E-state index in [9.17, 15) is 14.4 Å². The first-order chi connectivity index (χ1) is 13.9. The summed E-state index contributed by atoms with van der Waals surface area (Å²) in [4.78, 5) is 0. The molecule has 2 atom stereocenters. The molecule has 154 valence electrons. The molecule has 29 heavy (non-hydrogen) atoms. The minimum Gasteiger partial charge on any atom is -0.768 e. The van der Waals surface area contributed by atoms with Gasteiger partial charge in [-0.25, -0.2) is 0 Å². The number of hydrogen-bond donors (Lipinski definition) is 1. The number of nitriles is 1. The molecular formula is C22H26N3O3S-. The van der Waals surface area contributed by atoms with Crippen molar-refractivity contribution in [3.63, 3.8) is 0 Å². The van der Waals surface area contributed by atoms with Crippen LogP contribution in [0.3, 0.4) is 0 Å². The highest BCUT2D eigenvalue weighted by Crippen LogP contribution is 2.56. The molecule has 1 saturated heterocycles. The zero-order valence-corrected chi connectivity index (χ0v) is 17.7. The number of hydrogen-bond acceptors (Lipinski definition) is 5. The zero-order valence-electron chi connectivity index (χ0n) is 16.9. The molecule has 6 nitrogen and oxygen atoms in total. The summed E-state index contributed by atoms with van der Waals surface area (Å²) < 4.78 is 30.7. The highest BCUT2D eigenvalue weighted by atomic mass is 32.3. The Bertz CT molecular complexity index is 992. The summed E-state index contributed by atoms with van der Waals surface area (Å²) in [5.74, 6) is 3.07. The second-order valence-corrected chi connectivity index (χ2v) is 11.1. The molecule has 0 bridgehead atoms. The maximum atomic E-state index is 12.2. The van der Waals surface area contributed by atoms with Crippen molar-refractivity contribution < 1.29 is 13.8 Å². The minimum atomic E-state index is -2.73. The summed E-state index contributed by atoms with van der Waals surface area (Å²) in [6, 6.07) is 6.08. The Labute approximate surface area is 172 Å². The molecule has 0 radical (unpaired) electrons. The molecule has 3 aliphatic rings. The van der Waals surface area contributed by atoms with Crippen molar-refractivity contribution in [2.75, 3.05) is 11.5 Å². The second-order valence-electron chi connectivity index (χ2n) is 8.82. The van der Waals surface area contributed by atoms with Crippen molar-refractivity contribution in [1.29, 1.82) is 5.26 Å². The van der Waals surface area contributed by atoms with Crippen molar-refractivity contribution in [2.24, 2.45) is 0 Å². The van der Waals surface area contributed by atoms with Gasteiger partial charge in [-0.2, -0.15) is 10.4 Å². The third-order valence-corrected chi connectivity index (χ3v) is 8.04. The topological polar surface area (TPSA) is 94.1 Å². The van der Waals surface area contributed by atoms with Gasteiger partial charge in [-0.05, 0) is 69.2 Å². The minimum absolute atomic E-state index is 0.0256. The van der Waals surface area contributed by atoms with Gasteiger partial charge in [0.15, 0.2) is 5.75 Å².